The van der Waals surface area contributed by atoms with Crippen LogP contribution in [0.1, 0.15) is 25.3 Å². The van der Waals surface area contributed by atoms with Crippen LogP contribution in [0.3, 0.4) is 0 Å². The van der Waals surface area contributed by atoms with Crippen LogP contribution >= 0.6 is 0 Å². The van der Waals surface area contributed by atoms with Crippen molar-refractivity contribution in [2.75, 3.05) is 6.54 Å². The molecule has 0 heterocycles. The van der Waals surface area contributed by atoms with E-state index in [9.17, 15) is 15.0 Å². The van der Waals surface area contributed by atoms with Gasteiger partial charge in [-0.2, -0.15) is 0 Å². The van der Waals surface area contributed by atoms with Crippen LogP contribution in [0.4, 0.5) is 0 Å². The molecule has 1 fully saturated rings. The highest BCUT2D eigenvalue weighted by atomic mass is 16.3. The van der Waals surface area contributed by atoms with E-state index in [1.165, 1.54) is 18.2 Å². The Hall–Kier alpha value is -1.75. The van der Waals surface area contributed by atoms with E-state index in [1.807, 2.05) is 0 Å². The number of nitrogens with one attached hydrogen (secondary N) is 1. The molecule has 0 saturated heterocycles. The largest absolute Gasteiger partial charge is 0.508 e. The fourth-order valence-corrected chi connectivity index (χ4v) is 1.89. The van der Waals surface area contributed by atoms with Crippen LogP contribution in [-0.4, -0.2) is 22.7 Å². The fraction of sp³-hybridized carbons (Fsp3) is 0.462. The summed E-state index contributed by atoms with van der Waals surface area (Å²) in [4.78, 5) is 11.7. The first-order valence-electron chi connectivity index (χ1n) is 6.00. The zero-order chi connectivity index (χ0) is 13.3. The van der Waals surface area contributed by atoms with Crippen LogP contribution < -0.4 is 11.1 Å². The number of phenolic OH excluding ortho intramolecular Hbond substituents is 2. The van der Waals surface area contributed by atoms with Gasteiger partial charge in [-0.1, -0.05) is 0 Å². The minimum atomic E-state index is -1.08. The molecule has 0 spiro atoms. The second-order valence-corrected chi connectivity index (χ2v) is 5.05. The molecule has 1 saturated carbocycles. The summed E-state index contributed by atoms with van der Waals surface area (Å²) in [5.74, 6) is -0.126. The molecular formula is C13H18N2O3. The number of carbonyl (C=O) groups is 1. The van der Waals surface area contributed by atoms with Crippen molar-refractivity contribution in [3.05, 3.63) is 23.8 Å². The van der Waals surface area contributed by atoms with Crippen LogP contribution in [0.2, 0.25) is 0 Å². The molecule has 2 rings (SSSR count). The highest BCUT2D eigenvalue weighted by molar-refractivity contribution is 5.86. The molecule has 1 unspecified atom stereocenters. The summed E-state index contributed by atoms with van der Waals surface area (Å²) in [6.07, 6.45) is 2.32. The maximum Gasteiger partial charge on any atom is 0.242 e. The van der Waals surface area contributed by atoms with Crippen LogP contribution in [0.25, 0.3) is 0 Å². The van der Waals surface area contributed by atoms with Crippen LogP contribution in [0.5, 0.6) is 11.5 Å². The number of aromatic hydroxyl groups is 2. The number of primary amides is 1. The van der Waals surface area contributed by atoms with Gasteiger partial charge >= 0.3 is 0 Å². The van der Waals surface area contributed by atoms with Crippen molar-refractivity contribution in [1.82, 2.24) is 5.32 Å². The van der Waals surface area contributed by atoms with Gasteiger partial charge in [0.05, 0.1) is 0 Å². The molecule has 0 aromatic heterocycles. The Morgan fingerprint density at radius 3 is 2.39 bits per heavy atom. The Balaban J connectivity index is 2.28. The second kappa shape index (κ2) is 4.49. The molecule has 1 atom stereocenters. The standard InChI is InChI=1S/C13H18N2O3/c1-13(12(14)18,15-7-8-2-3-8)9-4-10(16)6-11(17)5-9/h4-6,8,15-17H,2-3,7H2,1H3,(H2,14,18). The molecule has 0 bridgehead atoms. The molecule has 1 aliphatic carbocycles. The Morgan fingerprint density at radius 2 is 1.94 bits per heavy atom. The van der Waals surface area contributed by atoms with Crippen molar-refractivity contribution < 1.29 is 15.0 Å². The van der Waals surface area contributed by atoms with E-state index in [0.29, 0.717) is 18.0 Å². The normalized spacial score (nSPS) is 18.3. The molecule has 98 valence electrons. The summed E-state index contributed by atoms with van der Waals surface area (Å²) in [6, 6.07) is 4.08. The van der Waals surface area contributed by atoms with Gasteiger partial charge in [-0.15, -0.1) is 0 Å². The van der Waals surface area contributed by atoms with Crippen molar-refractivity contribution in [3.63, 3.8) is 0 Å². The zero-order valence-corrected chi connectivity index (χ0v) is 10.3. The Kier molecular flexibility index (Phi) is 3.17. The number of rotatable bonds is 5. The minimum Gasteiger partial charge on any atom is -0.508 e. The molecule has 0 radical (unpaired) electrons. The number of benzene rings is 1. The number of phenols is 2. The summed E-state index contributed by atoms with van der Waals surface area (Å²) in [5, 5.41) is 22.1. The average Bonchev–Trinajstić information content (AvgIpc) is 3.07. The lowest BCUT2D eigenvalue weighted by molar-refractivity contribution is -0.124. The van der Waals surface area contributed by atoms with E-state index >= 15 is 0 Å². The van der Waals surface area contributed by atoms with Gasteiger partial charge in [-0.25, -0.2) is 0 Å². The number of hydrogen-bond acceptors (Lipinski definition) is 4. The molecule has 18 heavy (non-hydrogen) atoms. The molecule has 5 N–H and O–H groups in total. The first-order chi connectivity index (χ1) is 8.41. The lowest BCUT2D eigenvalue weighted by atomic mass is 9.90. The second-order valence-electron chi connectivity index (χ2n) is 5.05. The lowest BCUT2D eigenvalue weighted by Crippen LogP contribution is -2.51. The van der Waals surface area contributed by atoms with E-state index in [-0.39, 0.29) is 11.5 Å². The summed E-state index contributed by atoms with van der Waals surface area (Å²) >= 11 is 0. The van der Waals surface area contributed by atoms with Crippen molar-refractivity contribution in [3.8, 4) is 11.5 Å². The van der Waals surface area contributed by atoms with Crippen LogP contribution in [0.15, 0.2) is 18.2 Å². The van der Waals surface area contributed by atoms with E-state index in [2.05, 4.69) is 5.32 Å². The Bertz CT molecular complexity index is 451. The fourth-order valence-electron chi connectivity index (χ4n) is 1.89. The average molecular weight is 250 g/mol. The third-order valence-electron chi connectivity index (χ3n) is 3.41. The van der Waals surface area contributed by atoms with Crippen molar-refractivity contribution >= 4 is 5.91 Å². The SMILES string of the molecule is CC(NCC1CC1)(C(N)=O)c1cc(O)cc(O)c1. The monoisotopic (exact) mass is 250 g/mol. The van der Waals surface area contributed by atoms with Gasteiger partial charge in [0.25, 0.3) is 0 Å². The van der Waals surface area contributed by atoms with Crippen LogP contribution in [0, 0.1) is 5.92 Å². The summed E-state index contributed by atoms with van der Waals surface area (Å²) in [6.45, 7) is 2.36. The molecule has 1 amide bonds. The Morgan fingerprint density at radius 1 is 1.39 bits per heavy atom. The van der Waals surface area contributed by atoms with Gasteiger partial charge in [0.15, 0.2) is 0 Å². The van der Waals surface area contributed by atoms with Gasteiger partial charge in [0.2, 0.25) is 5.91 Å². The quantitative estimate of drug-likeness (QED) is 0.621. The summed E-state index contributed by atoms with van der Waals surface area (Å²) in [5.41, 5.74) is 4.83. The predicted molar refractivity (Wildman–Crippen MR) is 67.0 cm³/mol. The minimum absolute atomic E-state index is 0.0919. The van der Waals surface area contributed by atoms with Crippen LogP contribution in [-0.2, 0) is 10.3 Å². The van der Waals surface area contributed by atoms with E-state index in [4.69, 9.17) is 5.73 Å². The first-order valence-corrected chi connectivity index (χ1v) is 6.00. The third-order valence-corrected chi connectivity index (χ3v) is 3.41. The molecule has 5 nitrogen and oxygen atoms in total. The predicted octanol–water partition coefficient (Wildman–Crippen LogP) is 0.798. The van der Waals surface area contributed by atoms with Gasteiger partial charge < -0.3 is 15.9 Å². The molecule has 1 aromatic rings. The van der Waals surface area contributed by atoms with Crippen molar-refractivity contribution in [1.29, 1.82) is 0 Å². The van der Waals surface area contributed by atoms with Gasteiger partial charge in [-0.05, 0) is 49.9 Å². The number of carbonyl (C=O) groups excluding carboxylic acids is 1. The molecule has 1 aromatic carbocycles. The first kappa shape index (κ1) is 12.7. The lowest BCUT2D eigenvalue weighted by Gasteiger charge is -2.28. The van der Waals surface area contributed by atoms with Crippen molar-refractivity contribution in [2.24, 2.45) is 11.7 Å². The number of amides is 1. The molecule has 0 aliphatic heterocycles. The van der Waals surface area contributed by atoms with Gasteiger partial charge in [0.1, 0.15) is 17.0 Å². The van der Waals surface area contributed by atoms with Gasteiger partial charge in [-0.3, -0.25) is 10.1 Å². The van der Waals surface area contributed by atoms with E-state index < -0.39 is 11.4 Å². The Labute approximate surface area is 106 Å². The molecule has 5 heteroatoms. The molecule has 1 aliphatic rings. The zero-order valence-electron chi connectivity index (χ0n) is 10.3. The highest BCUT2D eigenvalue weighted by Gasteiger charge is 2.35. The topological polar surface area (TPSA) is 95.6 Å². The maximum absolute atomic E-state index is 11.7. The van der Waals surface area contributed by atoms with E-state index in [1.54, 1.807) is 6.92 Å². The van der Waals surface area contributed by atoms with Crippen molar-refractivity contribution in [2.45, 2.75) is 25.3 Å². The molecular weight excluding hydrogens is 232 g/mol. The summed E-state index contributed by atoms with van der Waals surface area (Å²) in [7, 11) is 0. The highest BCUT2D eigenvalue weighted by Crippen LogP contribution is 2.32. The maximum atomic E-state index is 11.7. The van der Waals surface area contributed by atoms with Gasteiger partial charge in [0, 0.05) is 6.07 Å². The summed E-state index contributed by atoms with van der Waals surface area (Å²) < 4.78 is 0. The third kappa shape index (κ3) is 2.56. The smallest absolute Gasteiger partial charge is 0.242 e. The number of hydrogen-bond donors (Lipinski definition) is 4. The number of nitrogens with two attached hydrogens (primary N) is 1. The van der Waals surface area contributed by atoms with E-state index in [0.717, 1.165) is 12.8 Å².